The first-order valence-corrected chi connectivity index (χ1v) is 9.71. The van der Waals surface area contributed by atoms with Crippen LogP contribution in [0.15, 0.2) is 47.4 Å². The van der Waals surface area contributed by atoms with E-state index in [0.29, 0.717) is 22.9 Å². The minimum Gasteiger partial charge on any atom is -0.336 e. The maximum atomic E-state index is 12.2. The topological polar surface area (TPSA) is 49.4 Å². The number of nitrogens with zero attached hydrogens (tertiary/aromatic N) is 1. The van der Waals surface area contributed by atoms with Crippen LogP contribution in [-0.4, -0.2) is 36.1 Å². The van der Waals surface area contributed by atoms with Crippen LogP contribution in [0.1, 0.15) is 17.5 Å². The number of para-hydroxylation sites is 1. The highest BCUT2D eigenvalue weighted by Gasteiger charge is 2.14. The van der Waals surface area contributed by atoms with Crippen LogP contribution in [0, 0.1) is 13.8 Å². The number of hydrogen-bond acceptors (Lipinski definition) is 3. The molecular formula is C20H23ClN2O2S. The van der Waals surface area contributed by atoms with Gasteiger partial charge in [-0.25, -0.2) is 0 Å². The summed E-state index contributed by atoms with van der Waals surface area (Å²) in [6.45, 7) is 4.16. The quantitative estimate of drug-likeness (QED) is 0.706. The molecule has 2 aromatic rings. The summed E-state index contributed by atoms with van der Waals surface area (Å²) in [5.41, 5.74) is 3.05. The number of carbonyl (C=O) groups excluding carboxylic acids is 2. The van der Waals surface area contributed by atoms with Gasteiger partial charge in [-0.05, 0) is 49.2 Å². The second-order valence-electron chi connectivity index (χ2n) is 6.12. The van der Waals surface area contributed by atoms with Crippen molar-refractivity contribution in [3.05, 3.63) is 58.6 Å². The maximum absolute atomic E-state index is 12.2. The average molecular weight is 391 g/mol. The van der Waals surface area contributed by atoms with Crippen molar-refractivity contribution in [1.82, 2.24) is 4.90 Å². The van der Waals surface area contributed by atoms with Gasteiger partial charge in [-0.3, -0.25) is 9.59 Å². The number of likely N-dealkylation sites (N-methyl/N-ethyl adjacent to an activating group) is 1. The fourth-order valence-electron chi connectivity index (χ4n) is 2.31. The van der Waals surface area contributed by atoms with E-state index < -0.39 is 0 Å². The molecule has 0 saturated heterocycles. The third-order valence-electron chi connectivity index (χ3n) is 4.02. The Labute approximate surface area is 163 Å². The number of benzene rings is 2. The third-order valence-corrected chi connectivity index (χ3v) is 5.34. The van der Waals surface area contributed by atoms with E-state index in [0.717, 1.165) is 4.90 Å². The van der Waals surface area contributed by atoms with Gasteiger partial charge in [-0.15, -0.1) is 11.8 Å². The highest BCUT2D eigenvalue weighted by atomic mass is 35.5. The van der Waals surface area contributed by atoms with Crippen molar-refractivity contribution in [3.63, 3.8) is 0 Å². The number of carbonyl (C=O) groups is 2. The zero-order valence-electron chi connectivity index (χ0n) is 15.2. The number of hydrogen-bond donors (Lipinski definition) is 1. The number of aryl methyl sites for hydroxylation is 2. The lowest BCUT2D eigenvalue weighted by molar-refractivity contribution is -0.132. The van der Waals surface area contributed by atoms with Gasteiger partial charge in [0.05, 0.1) is 17.3 Å². The summed E-state index contributed by atoms with van der Waals surface area (Å²) >= 11 is 7.66. The molecule has 4 nitrogen and oxygen atoms in total. The second-order valence-corrected chi connectivity index (χ2v) is 7.70. The van der Waals surface area contributed by atoms with Crippen molar-refractivity contribution < 1.29 is 9.59 Å². The Morgan fingerprint density at radius 1 is 1.12 bits per heavy atom. The summed E-state index contributed by atoms with van der Waals surface area (Å²) in [6.07, 6.45) is 0.382. The number of thioether (sulfide) groups is 1. The zero-order chi connectivity index (χ0) is 19.1. The Morgan fingerprint density at radius 3 is 2.54 bits per heavy atom. The van der Waals surface area contributed by atoms with Gasteiger partial charge in [0.1, 0.15) is 0 Å². The molecule has 0 fully saturated rings. The van der Waals surface area contributed by atoms with Crippen LogP contribution >= 0.6 is 23.4 Å². The first-order chi connectivity index (χ1) is 12.4. The minimum atomic E-state index is -0.268. The van der Waals surface area contributed by atoms with E-state index in [4.69, 9.17) is 11.6 Å². The van der Waals surface area contributed by atoms with Gasteiger partial charge in [0.25, 0.3) is 0 Å². The van der Waals surface area contributed by atoms with Gasteiger partial charge in [-0.2, -0.15) is 0 Å². The van der Waals surface area contributed by atoms with Gasteiger partial charge in [0, 0.05) is 24.1 Å². The molecule has 0 spiro atoms. The number of halogens is 1. The fraction of sp³-hybridized carbons (Fsp3) is 0.300. The molecule has 26 heavy (non-hydrogen) atoms. The van der Waals surface area contributed by atoms with Crippen LogP contribution < -0.4 is 5.32 Å². The van der Waals surface area contributed by atoms with Crippen LogP contribution in [0.25, 0.3) is 0 Å². The first kappa shape index (κ1) is 20.3. The molecule has 1 N–H and O–H groups in total. The Kier molecular flexibility index (Phi) is 7.54. The molecule has 2 amide bonds. The van der Waals surface area contributed by atoms with E-state index in [1.807, 2.05) is 0 Å². The lowest BCUT2D eigenvalue weighted by Crippen LogP contribution is -2.35. The SMILES string of the molecule is Cc1ccc(SCCC(=O)N(C)CC(=O)Nc2ccccc2Cl)cc1C. The summed E-state index contributed by atoms with van der Waals surface area (Å²) in [4.78, 5) is 26.9. The number of rotatable bonds is 7. The van der Waals surface area contributed by atoms with Gasteiger partial charge < -0.3 is 10.2 Å². The fourth-order valence-corrected chi connectivity index (χ4v) is 3.43. The molecule has 0 bridgehead atoms. The molecule has 0 aliphatic carbocycles. The Balaban J connectivity index is 1.77. The molecular weight excluding hydrogens is 368 g/mol. The van der Waals surface area contributed by atoms with E-state index >= 15 is 0 Å². The van der Waals surface area contributed by atoms with E-state index in [1.54, 1.807) is 43.1 Å². The Bertz CT molecular complexity index is 795. The lowest BCUT2D eigenvalue weighted by atomic mass is 10.1. The molecule has 6 heteroatoms. The average Bonchev–Trinajstić information content (AvgIpc) is 2.60. The standard InChI is InChI=1S/C20H23ClN2O2S/c1-14-8-9-16(12-15(14)2)26-11-10-20(25)23(3)13-19(24)22-18-7-5-4-6-17(18)21/h4-9,12H,10-11,13H2,1-3H3,(H,22,24). The van der Waals surface area contributed by atoms with E-state index in [-0.39, 0.29) is 18.4 Å². The molecule has 0 atom stereocenters. The van der Waals surface area contributed by atoms with Gasteiger partial charge in [0.15, 0.2) is 0 Å². The van der Waals surface area contributed by atoms with Crippen molar-refractivity contribution >= 4 is 40.9 Å². The van der Waals surface area contributed by atoms with E-state index in [1.165, 1.54) is 16.0 Å². The minimum absolute atomic E-state index is 0.00162. The molecule has 0 radical (unpaired) electrons. The molecule has 0 aromatic heterocycles. The molecule has 138 valence electrons. The van der Waals surface area contributed by atoms with Crippen molar-refractivity contribution in [2.24, 2.45) is 0 Å². The van der Waals surface area contributed by atoms with Crippen LogP contribution in [0.2, 0.25) is 5.02 Å². The zero-order valence-corrected chi connectivity index (χ0v) is 16.8. The first-order valence-electron chi connectivity index (χ1n) is 8.35. The van der Waals surface area contributed by atoms with E-state index in [2.05, 4.69) is 37.4 Å². The van der Waals surface area contributed by atoms with Crippen LogP contribution in [0.5, 0.6) is 0 Å². The molecule has 0 aliphatic rings. The Hall–Kier alpha value is -1.98. The summed E-state index contributed by atoms with van der Waals surface area (Å²) in [5, 5.41) is 3.19. The maximum Gasteiger partial charge on any atom is 0.244 e. The second kappa shape index (κ2) is 9.64. The molecule has 2 rings (SSSR count). The van der Waals surface area contributed by atoms with Gasteiger partial charge in [0.2, 0.25) is 11.8 Å². The van der Waals surface area contributed by atoms with Gasteiger partial charge in [-0.1, -0.05) is 29.8 Å². The molecule has 2 aromatic carbocycles. The third kappa shape index (κ3) is 6.07. The van der Waals surface area contributed by atoms with Crippen LogP contribution in [-0.2, 0) is 9.59 Å². The lowest BCUT2D eigenvalue weighted by Gasteiger charge is -2.17. The van der Waals surface area contributed by atoms with Gasteiger partial charge >= 0.3 is 0 Å². The highest BCUT2D eigenvalue weighted by Crippen LogP contribution is 2.22. The van der Waals surface area contributed by atoms with Crippen LogP contribution in [0.4, 0.5) is 5.69 Å². The summed E-state index contributed by atoms with van der Waals surface area (Å²) in [7, 11) is 1.63. The normalized spacial score (nSPS) is 10.5. The monoisotopic (exact) mass is 390 g/mol. The summed E-state index contributed by atoms with van der Waals surface area (Å²) < 4.78 is 0. The predicted molar refractivity (Wildman–Crippen MR) is 109 cm³/mol. The van der Waals surface area contributed by atoms with Crippen molar-refractivity contribution in [2.75, 3.05) is 24.7 Å². The van der Waals surface area contributed by atoms with E-state index in [9.17, 15) is 9.59 Å². The van der Waals surface area contributed by atoms with Crippen LogP contribution in [0.3, 0.4) is 0 Å². The summed E-state index contributed by atoms with van der Waals surface area (Å²) in [5.74, 6) is 0.351. The number of anilines is 1. The smallest absolute Gasteiger partial charge is 0.244 e. The Morgan fingerprint density at radius 2 is 1.85 bits per heavy atom. The molecule has 0 aliphatic heterocycles. The largest absolute Gasteiger partial charge is 0.336 e. The summed E-state index contributed by atoms with van der Waals surface area (Å²) in [6, 6.07) is 13.3. The highest BCUT2D eigenvalue weighted by molar-refractivity contribution is 7.99. The number of amides is 2. The number of nitrogens with one attached hydrogen (secondary N) is 1. The van der Waals surface area contributed by atoms with Crippen molar-refractivity contribution in [1.29, 1.82) is 0 Å². The molecule has 0 heterocycles. The van der Waals surface area contributed by atoms with Crippen molar-refractivity contribution in [2.45, 2.75) is 25.2 Å². The predicted octanol–water partition coefficient (Wildman–Crippen LogP) is 4.54. The molecule has 0 unspecified atom stereocenters. The van der Waals surface area contributed by atoms with Crippen molar-refractivity contribution in [3.8, 4) is 0 Å². The molecule has 0 saturated carbocycles.